The van der Waals surface area contributed by atoms with E-state index >= 15 is 0 Å². The Bertz CT molecular complexity index is 1520. The molecule has 35 heavy (non-hydrogen) atoms. The normalized spacial score (nSPS) is 17.9. The fraction of sp³-hybridized carbons (Fsp3) is 0.231. The van der Waals surface area contributed by atoms with E-state index in [0.29, 0.717) is 31.4 Å². The van der Waals surface area contributed by atoms with Gasteiger partial charge in [0.25, 0.3) is 5.56 Å². The molecule has 0 aliphatic heterocycles. The lowest BCUT2D eigenvalue weighted by Gasteiger charge is -2.29. The second-order valence-electron chi connectivity index (χ2n) is 8.60. The largest absolute Gasteiger partial charge is 0.446 e. The Kier molecular flexibility index (Phi) is 5.90. The number of pyridine rings is 1. The van der Waals surface area contributed by atoms with Crippen LogP contribution in [-0.4, -0.2) is 26.3 Å². The van der Waals surface area contributed by atoms with Gasteiger partial charge in [0.15, 0.2) is 5.65 Å². The number of hydrogen-bond acceptors (Lipinski definition) is 5. The lowest BCUT2D eigenvalue weighted by atomic mass is 9.92. The van der Waals surface area contributed by atoms with Crippen LogP contribution in [0.5, 0.6) is 0 Å². The third-order valence-corrected chi connectivity index (χ3v) is 6.39. The fourth-order valence-corrected chi connectivity index (χ4v) is 4.78. The van der Waals surface area contributed by atoms with Crippen LogP contribution in [0.25, 0.3) is 27.8 Å². The standard InChI is InChI=1S/C26H23FN4O4/c27-18-14-22-23(29-15-18)30(20-8-4-7-17(13-20)16-5-2-1-3-6-16)26(34)31(24(22)32)19-9-11-21(12-10-19)35-25(28)33/h1-8,13-15,19,21H,9-12H2,(H2,28,33). The van der Waals surface area contributed by atoms with Gasteiger partial charge in [-0.2, -0.15) is 0 Å². The maximum absolute atomic E-state index is 14.1. The molecule has 178 valence electrons. The summed E-state index contributed by atoms with van der Waals surface area (Å²) in [5, 5.41) is 0.0187. The van der Waals surface area contributed by atoms with E-state index in [1.165, 1.54) is 9.13 Å². The smallest absolute Gasteiger partial charge is 0.404 e. The molecule has 4 aromatic rings. The molecule has 0 saturated heterocycles. The number of carbonyl (C=O) groups excluding carboxylic acids is 1. The monoisotopic (exact) mass is 474 g/mol. The number of primary amides is 1. The number of ether oxygens (including phenoxy) is 1. The first-order chi connectivity index (χ1) is 16.9. The minimum Gasteiger partial charge on any atom is -0.446 e. The Hall–Kier alpha value is -4.27. The highest BCUT2D eigenvalue weighted by Crippen LogP contribution is 2.29. The summed E-state index contributed by atoms with van der Waals surface area (Å²) in [5.41, 5.74) is 6.43. The van der Waals surface area contributed by atoms with Gasteiger partial charge in [0.05, 0.1) is 17.3 Å². The molecule has 1 saturated carbocycles. The Labute approximate surface area is 199 Å². The summed E-state index contributed by atoms with van der Waals surface area (Å²) in [4.78, 5) is 42.4. The molecule has 2 aromatic carbocycles. The summed E-state index contributed by atoms with van der Waals surface area (Å²) >= 11 is 0. The molecule has 2 aromatic heterocycles. The highest BCUT2D eigenvalue weighted by atomic mass is 19.1. The van der Waals surface area contributed by atoms with Gasteiger partial charge in [-0.1, -0.05) is 42.5 Å². The number of fused-ring (bicyclic) bond motifs is 1. The number of nitrogens with zero attached hydrogens (tertiary/aromatic N) is 3. The molecule has 1 fully saturated rings. The summed E-state index contributed by atoms with van der Waals surface area (Å²) in [7, 11) is 0. The van der Waals surface area contributed by atoms with E-state index in [1.807, 2.05) is 48.5 Å². The molecular formula is C26H23FN4O4. The van der Waals surface area contributed by atoms with Gasteiger partial charge >= 0.3 is 11.8 Å². The molecule has 0 radical (unpaired) electrons. The SMILES string of the molecule is NC(=O)OC1CCC(n2c(=O)c3cc(F)cnc3n(-c3cccc(-c4ccccc4)c3)c2=O)CC1. The van der Waals surface area contributed by atoms with Crippen molar-refractivity contribution in [2.24, 2.45) is 5.73 Å². The quantitative estimate of drug-likeness (QED) is 0.482. The average molecular weight is 474 g/mol. The zero-order chi connectivity index (χ0) is 24.5. The lowest BCUT2D eigenvalue weighted by Crippen LogP contribution is -2.43. The molecule has 5 rings (SSSR count). The van der Waals surface area contributed by atoms with Crippen LogP contribution in [0.1, 0.15) is 31.7 Å². The summed E-state index contributed by atoms with van der Waals surface area (Å²) in [6.07, 6.45) is 1.58. The van der Waals surface area contributed by atoms with Gasteiger partial charge in [-0.15, -0.1) is 0 Å². The molecule has 8 nitrogen and oxygen atoms in total. The molecule has 1 aliphatic carbocycles. The minimum atomic E-state index is -0.849. The predicted molar refractivity (Wildman–Crippen MR) is 129 cm³/mol. The summed E-state index contributed by atoms with van der Waals surface area (Å²) in [6, 6.07) is 17.7. The Morgan fingerprint density at radius 3 is 2.40 bits per heavy atom. The molecule has 9 heteroatoms. The zero-order valence-electron chi connectivity index (χ0n) is 18.8. The van der Waals surface area contributed by atoms with Crippen molar-refractivity contribution in [1.82, 2.24) is 14.1 Å². The van der Waals surface area contributed by atoms with E-state index in [-0.39, 0.29) is 17.1 Å². The van der Waals surface area contributed by atoms with Crippen molar-refractivity contribution in [3.63, 3.8) is 0 Å². The molecule has 1 aliphatic rings. The van der Waals surface area contributed by atoms with Crippen LogP contribution in [-0.2, 0) is 4.74 Å². The van der Waals surface area contributed by atoms with Gasteiger partial charge in [-0.05, 0) is 55.0 Å². The topological polar surface area (TPSA) is 109 Å². The predicted octanol–water partition coefficient (Wildman–Crippen LogP) is 3.93. The molecular weight excluding hydrogens is 451 g/mol. The van der Waals surface area contributed by atoms with Crippen molar-refractivity contribution in [2.75, 3.05) is 0 Å². The minimum absolute atomic E-state index is 0.0187. The van der Waals surface area contributed by atoms with E-state index in [2.05, 4.69) is 4.98 Å². The van der Waals surface area contributed by atoms with Gasteiger partial charge in [-0.3, -0.25) is 9.36 Å². The molecule has 0 atom stereocenters. The third kappa shape index (κ3) is 4.32. The number of aromatic nitrogens is 3. The van der Waals surface area contributed by atoms with Crippen molar-refractivity contribution in [2.45, 2.75) is 37.8 Å². The second-order valence-corrected chi connectivity index (χ2v) is 8.60. The van der Waals surface area contributed by atoms with Crippen LogP contribution >= 0.6 is 0 Å². The third-order valence-electron chi connectivity index (χ3n) is 6.39. The van der Waals surface area contributed by atoms with E-state index in [9.17, 15) is 18.8 Å². The van der Waals surface area contributed by atoms with Crippen molar-refractivity contribution >= 4 is 17.1 Å². The molecule has 0 spiro atoms. The Balaban J connectivity index is 1.66. The van der Waals surface area contributed by atoms with Crippen molar-refractivity contribution < 1.29 is 13.9 Å². The number of rotatable bonds is 4. The van der Waals surface area contributed by atoms with E-state index in [4.69, 9.17) is 10.5 Å². The lowest BCUT2D eigenvalue weighted by molar-refractivity contribution is 0.0714. The maximum atomic E-state index is 14.1. The number of halogens is 1. The van der Waals surface area contributed by atoms with Crippen LogP contribution in [0.2, 0.25) is 0 Å². The van der Waals surface area contributed by atoms with Crippen LogP contribution in [0.4, 0.5) is 9.18 Å². The Morgan fingerprint density at radius 2 is 1.69 bits per heavy atom. The molecule has 1 amide bonds. The maximum Gasteiger partial charge on any atom is 0.404 e. The van der Waals surface area contributed by atoms with Gasteiger partial charge in [-0.25, -0.2) is 23.5 Å². The van der Waals surface area contributed by atoms with Crippen molar-refractivity contribution in [3.05, 3.63) is 93.5 Å². The number of carbonyl (C=O) groups is 1. The first-order valence-corrected chi connectivity index (χ1v) is 11.4. The highest BCUT2D eigenvalue weighted by molar-refractivity contribution is 5.76. The van der Waals surface area contributed by atoms with Gasteiger partial charge in [0.1, 0.15) is 11.9 Å². The number of hydrogen-bond donors (Lipinski definition) is 1. The molecule has 2 heterocycles. The van der Waals surface area contributed by atoms with Crippen LogP contribution < -0.4 is 17.0 Å². The van der Waals surface area contributed by atoms with Crippen LogP contribution in [0.15, 0.2) is 76.4 Å². The summed E-state index contributed by atoms with van der Waals surface area (Å²) < 4.78 is 21.7. The average Bonchev–Trinajstić information content (AvgIpc) is 2.86. The van der Waals surface area contributed by atoms with Gasteiger partial charge in [0, 0.05) is 6.04 Å². The van der Waals surface area contributed by atoms with Gasteiger partial charge in [0.2, 0.25) is 0 Å². The number of amides is 1. The second kappa shape index (κ2) is 9.17. The van der Waals surface area contributed by atoms with E-state index in [0.717, 1.165) is 23.4 Å². The van der Waals surface area contributed by atoms with Crippen molar-refractivity contribution in [3.8, 4) is 16.8 Å². The summed E-state index contributed by atoms with van der Waals surface area (Å²) in [6.45, 7) is 0. The first kappa shape index (κ1) is 22.5. The molecule has 2 N–H and O–H groups in total. The number of nitrogens with two attached hydrogens (primary N) is 1. The first-order valence-electron chi connectivity index (χ1n) is 11.4. The van der Waals surface area contributed by atoms with Crippen LogP contribution in [0, 0.1) is 5.82 Å². The molecule has 0 unspecified atom stereocenters. The highest BCUT2D eigenvalue weighted by Gasteiger charge is 2.28. The van der Waals surface area contributed by atoms with Crippen molar-refractivity contribution in [1.29, 1.82) is 0 Å². The van der Waals surface area contributed by atoms with E-state index in [1.54, 1.807) is 6.07 Å². The van der Waals surface area contributed by atoms with Crippen LogP contribution in [0.3, 0.4) is 0 Å². The number of benzene rings is 2. The Morgan fingerprint density at radius 1 is 0.971 bits per heavy atom. The van der Waals surface area contributed by atoms with Gasteiger partial charge < -0.3 is 10.5 Å². The zero-order valence-corrected chi connectivity index (χ0v) is 18.8. The van der Waals surface area contributed by atoms with E-state index < -0.39 is 29.2 Å². The fourth-order valence-electron chi connectivity index (χ4n) is 4.78. The summed E-state index contributed by atoms with van der Waals surface area (Å²) in [5.74, 6) is -0.664. The molecule has 0 bridgehead atoms.